The van der Waals surface area contributed by atoms with Gasteiger partial charge in [0.2, 0.25) is 0 Å². The maximum absolute atomic E-state index is 13.6. The van der Waals surface area contributed by atoms with E-state index in [1.54, 1.807) is 6.07 Å². The first-order valence-electron chi connectivity index (χ1n) is 15.2. The number of fused-ring (bicyclic) bond motifs is 1. The lowest BCUT2D eigenvalue weighted by Crippen LogP contribution is -2.48. The van der Waals surface area contributed by atoms with Crippen LogP contribution in [-0.2, 0) is 19.1 Å². The zero-order valence-electron chi connectivity index (χ0n) is 24.5. The molecule has 1 aliphatic carbocycles. The number of rotatable bonds is 5. The predicted octanol–water partition coefficient (Wildman–Crippen LogP) is 8.09. The van der Waals surface area contributed by atoms with Gasteiger partial charge in [-0.1, -0.05) is 35.3 Å². The minimum Gasteiger partial charge on any atom is -0.345 e. The van der Waals surface area contributed by atoms with Gasteiger partial charge in [-0.3, -0.25) is 14.5 Å². The second-order valence-electron chi connectivity index (χ2n) is 12.5. The van der Waals surface area contributed by atoms with Gasteiger partial charge in [-0.25, -0.2) is 4.39 Å². The number of hydrogen-bond donors (Lipinski definition) is 1. The van der Waals surface area contributed by atoms with Crippen LogP contribution < -0.4 is 5.32 Å². The van der Waals surface area contributed by atoms with Gasteiger partial charge in [0.05, 0.1) is 22.2 Å². The Morgan fingerprint density at radius 2 is 1.60 bits per heavy atom. The quantitative estimate of drug-likeness (QED) is 0.281. The van der Waals surface area contributed by atoms with Gasteiger partial charge in [0.1, 0.15) is 5.82 Å². The number of aryl methyl sites for hydroxylation is 1. The summed E-state index contributed by atoms with van der Waals surface area (Å²) >= 11 is 12.3. The van der Waals surface area contributed by atoms with E-state index in [1.807, 2.05) is 23.1 Å². The number of benzene rings is 3. The second kappa shape index (κ2) is 12.6. The van der Waals surface area contributed by atoms with Gasteiger partial charge in [-0.05, 0) is 116 Å². The van der Waals surface area contributed by atoms with Crippen LogP contribution in [0.3, 0.4) is 0 Å². The molecule has 6 rings (SSSR count). The van der Waals surface area contributed by atoms with E-state index in [1.165, 1.54) is 12.1 Å². The third-order valence-corrected chi connectivity index (χ3v) is 10.4. The number of carbonyl (C=O) groups excluding carboxylic acids is 2. The van der Waals surface area contributed by atoms with Crippen molar-refractivity contribution in [2.24, 2.45) is 5.41 Å². The summed E-state index contributed by atoms with van der Waals surface area (Å²) in [4.78, 5) is 30.8. The van der Waals surface area contributed by atoms with E-state index in [2.05, 4.69) is 10.2 Å². The minimum absolute atomic E-state index is 0.0612. The molecule has 1 N–H and O–H groups in total. The van der Waals surface area contributed by atoms with E-state index < -0.39 is 23.7 Å². The van der Waals surface area contributed by atoms with E-state index in [-0.39, 0.29) is 27.7 Å². The molecular formula is C34H33Cl2F4N3O2. The van der Waals surface area contributed by atoms with Crippen LogP contribution in [0.15, 0.2) is 54.6 Å². The van der Waals surface area contributed by atoms with Gasteiger partial charge >= 0.3 is 6.18 Å². The number of halogens is 6. The van der Waals surface area contributed by atoms with Crippen molar-refractivity contribution in [2.45, 2.75) is 57.3 Å². The Bertz CT molecular complexity index is 1610. The predicted molar refractivity (Wildman–Crippen MR) is 165 cm³/mol. The highest BCUT2D eigenvalue weighted by Crippen LogP contribution is 2.42. The fourth-order valence-corrected chi connectivity index (χ4v) is 7.37. The van der Waals surface area contributed by atoms with Gasteiger partial charge < -0.3 is 10.2 Å². The fraction of sp³-hybridized carbons (Fsp3) is 0.412. The lowest BCUT2D eigenvalue weighted by Gasteiger charge is -2.47. The largest absolute Gasteiger partial charge is 0.416 e. The molecule has 0 radical (unpaired) electrons. The molecule has 3 aromatic carbocycles. The molecule has 2 aliphatic heterocycles. The highest BCUT2D eigenvalue weighted by atomic mass is 35.5. The maximum Gasteiger partial charge on any atom is 0.416 e. The maximum atomic E-state index is 13.6. The molecule has 1 atom stereocenters. The Kier molecular flexibility index (Phi) is 8.89. The van der Waals surface area contributed by atoms with Crippen molar-refractivity contribution in [1.82, 2.24) is 15.1 Å². The first-order chi connectivity index (χ1) is 21.4. The molecule has 0 aromatic heterocycles. The lowest BCUT2D eigenvalue weighted by molar-refractivity contribution is -0.137. The van der Waals surface area contributed by atoms with E-state index in [0.29, 0.717) is 43.1 Å². The molecule has 2 fully saturated rings. The standard InChI is InChI=1S/C34H33Cl2F4N3O2/c35-28-7-5-24(34(38,39)40)18-27(28)31(44)41-30-8-4-21-1-2-22(17-26(21)30)32(45)43-15-11-33(12-16-43)9-13-42(14-10-33)20-23-3-6-25(37)19-29(23)36/h1-3,5-7,17-19,30H,4,8-16,20H2,(H,41,44). The molecule has 1 spiro atoms. The number of amides is 2. The minimum atomic E-state index is -4.60. The molecule has 11 heteroatoms. The van der Waals surface area contributed by atoms with Crippen LogP contribution >= 0.6 is 23.2 Å². The highest BCUT2D eigenvalue weighted by molar-refractivity contribution is 6.33. The average Bonchev–Trinajstić information content (AvgIpc) is 3.41. The van der Waals surface area contributed by atoms with Gasteiger partial charge in [0.25, 0.3) is 11.8 Å². The molecule has 2 heterocycles. The first kappa shape index (κ1) is 31.8. The van der Waals surface area contributed by atoms with Crippen molar-refractivity contribution in [2.75, 3.05) is 26.2 Å². The van der Waals surface area contributed by atoms with Crippen molar-refractivity contribution in [1.29, 1.82) is 0 Å². The smallest absolute Gasteiger partial charge is 0.345 e. The van der Waals surface area contributed by atoms with Crippen molar-refractivity contribution in [3.63, 3.8) is 0 Å². The molecule has 2 saturated heterocycles. The zero-order chi connectivity index (χ0) is 31.9. The van der Waals surface area contributed by atoms with Crippen LogP contribution in [-0.4, -0.2) is 47.8 Å². The van der Waals surface area contributed by atoms with Crippen LogP contribution in [0.4, 0.5) is 17.6 Å². The summed E-state index contributed by atoms with van der Waals surface area (Å²) in [5.74, 6) is -1.09. The summed E-state index contributed by atoms with van der Waals surface area (Å²) in [5.41, 5.74) is 2.27. The van der Waals surface area contributed by atoms with E-state index in [4.69, 9.17) is 23.2 Å². The number of piperidine rings is 2. The summed E-state index contributed by atoms with van der Waals surface area (Å²) < 4.78 is 53.1. The molecule has 1 unspecified atom stereocenters. The number of likely N-dealkylation sites (tertiary alicyclic amines) is 2. The van der Waals surface area contributed by atoms with Gasteiger partial charge in [0.15, 0.2) is 0 Å². The number of nitrogens with zero attached hydrogens (tertiary/aromatic N) is 2. The lowest BCUT2D eigenvalue weighted by atomic mass is 9.71. The summed E-state index contributed by atoms with van der Waals surface area (Å²) in [7, 11) is 0. The second-order valence-corrected chi connectivity index (χ2v) is 13.3. The van der Waals surface area contributed by atoms with Gasteiger partial charge in [-0.2, -0.15) is 13.2 Å². The van der Waals surface area contributed by atoms with E-state index in [9.17, 15) is 27.2 Å². The fourth-order valence-electron chi connectivity index (χ4n) is 6.94. The van der Waals surface area contributed by atoms with Crippen molar-refractivity contribution in [3.05, 3.63) is 104 Å². The Balaban J connectivity index is 1.06. The Morgan fingerprint density at radius 1 is 0.889 bits per heavy atom. The number of hydrogen-bond acceptors (Lipinski definition) is 3. The highest BCUT2D eigenvalue weighted by Gasteiger charge is 2.39. The molecule has 238 valence electrons. The average molecular weight is 663 g/mol. The van der Waals surface area contributed by atoms with Crippen molar-refractivity contribution in [3.8, 4) is 0 Å². The number of alkyl halides is 3. The molecule has 2 amide bonds. The summed E-state index contributed by atoms with van der Waals surface area (Å²) in [6, 6.07) is 12.3. The number of carbonyl (C=O) groups is 2. The van der Waals surface area contributed by atoms with Crippen LogP contribution in [0.2, 0.25) is 10.0 Å². The monoisotopic (exact) mass is 661 g/mol. The van der Waals surface area contributed by atoms with Gasteiger partial charge in [0, 0.05) is 30.2 Å². The third-order valence-electron chi connectivity index (χ3n) is 9.75. The van der Waals surface area contributed by atoms with E-state index in [0.717, 1.165) is 73.7 Å². The first-order valence-corrected chi connectivity index (χ1v) is 15.9. The molecular weight excluding hydrogens is 629 g/mol. The summed E-state index contributed by atoms with van der Waals surface area (Å²) in [6.07, 6.45) is 0.568. The summed E-state index contributed by atoms with van der Waals surface area (Å²) in [6.45, 7) is 3.85. The number of nitrogens with one attached hydrogen (secondary N) is 1. The third kappa shape index (κ3) is 6.86. The SMILES string of the molecule is O=C(NC1CCc2ccc(C(=O)N3CCC4(CCN(Cc5ccc(F)cc5Cl)CC4)CC3)cc21)c1cc(C(F)(F)F)ccc1Cl. The zero-order valence-corrected chi connectivity index (χ0v) is 26.0. The topological polar surface area (TPSA) is 52.7 Å². The molecule has 3 aromatic rings. The van der Waals surface area contributed by atoms with Gasteiger partial charge in [-0.15, -0.1) is 0 Å². The van der Waals surface area contributed by atoms with E-state index >= 15 is 0 Å². The molecule has 5 nitrogen and oxygen atoms in total. The summed E-state index contributed by atoms with van der Waals surface area (Å²) in [5, 5.41) is 3.22. The van der Waals surface area contributed by atoms with Crippen LogP contribution in [0.5, 0.6) is 0 Å². The Labute approximate surface area is 269 Å². The molecule has 0 saturated carbocycles. The van der Waals surface area contributed by atoms with Crippen LogP contribution in [0.1, 0.15) is 81.1 Å². The van der Waals surface area contributed by atoms with Crippen LogP contribution in [0.25, 0.3) is 0 Å². The Hall–Kier alpha value is -3.14. The van der Waals surface area contributed by atoms with Crippen molar-refractivity contribution < 1.29 is 27.2 Å². The molecule has 0 bridgehead atoms. The van der Waals surface area contributed by atoms with Crippen LogP contribution in [0, 0.1) is 11.2 Å². The molecule has 45 heavy (non-hydrogen) atoms. The van der Waals surface area contributed by atoms with Crippen molar-refractivity contribution >= 4 is 35.0 Å². The molecule has 3 aliphatic rings. The Morgan fingerprint density at radius 3 is 2.29 bits per heavy atom. The normalized spacial score (nSPS) is 19.9.